The summed E-state index contributed by atoms with van der Waals surface area (Å²) >= 11 is 0. The molecule has 0 unspecified atom stereocenters. The van der Waals surface area contributed by atoms with Gasteiger partial charge in [0.25, 0.3) is 0 Å². The van der Waals surface area contributed by atoms with Crippen molar-refractivity contribution in [1.82, 2.24) is 9.97 Å². The number of aryl methyl sites for hydroxylation is 1. The van der Waals surface area contributed by atoms with Crippen LogP contribution >= 0.6 is 0 Å². The van der Waals surface area contributed by atoms with Crippen molar-refractivity contribution in [3.05, 3.63) is 36.0 Å². The van der Waals surface area contributed by atoms with Gasteiger partial charge in [-0.15, -0.1) is 0 Å². The molecule has 1 aromatic carbocycles. The van der Waals surface area contributed by atoms with Gasteiger partial charge in [0.1, 0.15) is 11.4 Å². The first-order chi connectivity index (χ1) is 7.79. The topological polar surface area (TPSA) is 37.9 Å². The molecule has 2 aromatic heterocycles. The van der Waals surface area contributed by atoms with Crippen LogP contribution in [0.25, 0.3) is 21.9 Å². The third-order valence-corrected chi connectivity index (χ3v) is 2.91. The number of nitrogens with zero attached hydrogens (tertiary/aromatic N) is 1. The zero-order valence-electron chi connectivity index (χ0n) is 9.24. The van der Waals surface area contributed by atoms with Crippen molar-refractivity contribution >= 4 is 21.9 Å². The minimum absolute atomic E-state index is 0.858. The Labute approximate surface area is 93.1 Å². The number of aromatic amines is 1. The number of hydrogen-bond acceptors (Lipinski definition) is 2. The van der Waals surface area contributed by atoms with Crippen LogP contribution in [-0.2, 0) is 0 Å². The molecule has 0 fully saturated rings. The highest BCUT2D eigenvalue weighted by Gasteiger charge is 2.07. The summed E-state index contributed by atoms with van der Waals surface area (Å²) < 4.78 is 5.21. The van der Waals surface area contributed by atoms with Crippen LogP contribution in [0.5, 0.6) is 5.75 Å². The smallest absolute Gasteiger partial charge is 0.138 e. The van der Waals surface area contributed by atoms with Gasteiger partial charge in [0.2, 0.25) is 0 Å². The lowest BCUT2D eigenvalue weighted by atomic mass is 10.1. The van der Waals surface area contributed by atoms with Gasteiger partial charge in [0.05, 0.1) is 12.6 Å². The molecule has 3 nitrogen and oxygen atoms in total. The van der Waals surface area contributed by atoms with E-state index in [1.165, 1.54) is 16.3 Å². The van der Waals surface area contributed by atoms with Gasteiger partial charge in [-0.1, -0.05) is 0 Å². The van der Waals surface area contributed by atoms with Gasteiger partial charge < -0.3 is 9.72 Å². The fourth-order valence-corrected chi connectivity index (χ4v) is 2.09. The highest BCUT2D eigenvalue weighted by atomic mass is 16.5. The molecule has 16 heavy (non-hydrogen) atoms. The molecule has 0 atom stereocenters. The molecule has 3 heteroatoms. The molecule has 0 radical (unpaired) electrons. The molecular formula is C13H12N2O. The second-order valence-electron chi connectivity index (χ2n) is 3.89. The zero-order chi connectivity index (χ0) is 11.1. The zero-order valence-corrected chi connectivity index (χ0v) is 9.24. The quantitative estimate of drug-likeness (QED) is 0.673. The largest absolute Gasteiger partial charge is 0.497 e. The van der Waals surface area contributed by atoms with Crippen molar-refractivity contribution in [1.29, 1.82) is 0 Å². The summed E-state index contributed by atoms with van der Waals surface area (Å²) in [7, 11) is 1.67. The predicted molar refractivity (Wildman–Crippen MR) is 64.9 cm³/mol. The molecule has 3 rings (SSSR count). The second kappa shape index (κ2) is 3.23. The first-order valence-electron chi connectivity index (χ1n) is 5.20. The molecule has 2 heterocycles. The predicted octanol–water partition coefficient (Wildman–Crippen LogP) is 3.03. The van der Waals surface area contributed by atoms with E-state index in [4.69, 9.17) is 4.74 Å². The number of H-pyrrole nitrogens is 1. The lowest BCUT2D eigenvalue weighted by molar-refractivity contribution is 0.415. The number of nitrogens with one attached hydrogen (secondary N) is 1. The molecular weight excluding hydrogens is 200 g/mol. The number of pyridine rings is 1. The Morgan fingerprint density at radius 1 is 1.25 bits per heavy atom. The summed E-state index contributed by atoms with van der Waals surface area (Å²) in [5.74, 6) is 0.858. The van der Waals surface area contributed by atoms with Crippen molar-refractivity contribution in [2.24, 2.45) is 0 Å². The van der Waals surface area contributed by atoms with Gasteiger partial charge >= 0.3 is 0 Å². The minimum Gasteiger partial charge on any atom is -0.497 e. The van der Waals surface area contributed by atoms with Crippen LogP contribution in [0.4, 0.5) is 0 Å². The van der Waals surface area contributed by atoms with E-state index in [2.05, 4.69) is 23.0 Å². The molecule has 0 aliphatic rings. The maximum atomic E-state index is 5.21. The van der Waals surface area contributed by atoms with E-state index in [1.54, 1.807) is 7.11 Å². The van der Waals surface area contributed by atoms with Crippen LogP contribution in [-0.4, -0.2) is 17.1 Å². The molecule has 80 valence electrons. The van der Waals surface area contributed by atoms with Gasteiger partial charge in [-0.3, -0.25) is 0 Å². The number of methoxy groups -OCH3 is 1. The number of fused-ring (bicyclic) bond motifs is 3. The number of ether oxygens (including phenoxy) is 1. The molecule has 0 aliphatic carbocycles. The maximum absolute atomic E-state index is 5.21. The van der Waals surface area contributed by atoms with E-state index in [1.807, 2.05) is 24.4 Å². The SMILES string of the molecule is COc1ccc2c(c1)[nH]c1nccc(C)c12. The Morgan fingerprint density at radius 2 is 2.12 bits per heavy atom. The van der Waals surface area contributed by atoms with E-state index in [-0.39, 0.29) is 0 Å². The molecule has 0 saturated heterocycles. The maximum Gasteiger partial charge on any atom is 0.138 e. The Hall–Kier alpha value is -2.03. The van der Waals surface area contributed by atoms with Gasteiger partial charge in [0, 0.05) is 23.0 Å². The average Bonchev–Trinajstić information content (AvgIpc) is 2.67. The van der Waals surface area contributed by atoms with Gasteiger partial charge in [0.15, 0.2) is 0 Å². The molecule has 3 aromatic rings. The van der Waals surface area contributed by atoms with Crippen LogP contribution in [0.15, 0.2) is 30.5 Å². The second-order valence-corrected chi connectivity index (χ2v) is 3.89. The van der Waals surface area contributed by atoms with Crippen LogP contribution in [0, 0.1) is 6.92 Å². The highest BCUT2D eigenvalue weighted by molar-refractivity contribution is 6.07. The summed E-state index contributed by atoms with van der Waals surface area (Å²) in [4.78, 5) is 7.64. The Morgan fingerprint density at radius 3 is 2.94 bits per heavy atom. The Kier molecular flexibility index (Phi) is 1.86. The standard InChI is InChI=1S/C13H12N2O/c1-8-5-6-14-13-12(8)10-4-3-9(16-2)7-11(10)15-13/h3-7H,1-2H3,(H,14,15). The monoisotopic (exact) mass is 212 g/mol. The van der Waals surface area contributed by atoms with E-state index in [0.29, 0.717) is 0 Å². The van der Waals surface area contributed by atoms with Crippen LogP contribution in [0.2, 0.25) is 0 Å². The fraction of sp³-hybridized carbons (Fsp3) is 0.154. The van der Waals surface area contributed by atoms with Crippen molar-refractivity contribution in [3.8, 4) is 5.75 Å². The summed E-state index contributed by atoms with van der Waals surface area (Å²) in [6.07, 6.45) is 1.82. The highest BCUT2D eigenvalue weighted by Crippen LogP contribution is 2.29. The molecule has 0 bridgehead atoms. The van der Waals surface area contributed by atoms with Crippen molar-refractivity contribution < 1.29 is 4.74 Å². The van der Waals surface area contributed by atoms with E-state index in [9.17, 15) is 0 Å². The van der Waals surface area contributed by atoms with E-state index in [0.717, 1.165) is 16.9 Å². The van der Waals surface area contributed by atoms with Crippen molar-refractivity contribution in [2.75, 3.05) is 7.11 Å². The van der Waals surface area contributed by atoms with E-state index < -0.39 is 0 Å². The molecule has 0 saturated carbocycles. The number of aromatic nitrogens is 2. The number of hydrogen-bond donors (Lipinski definition) is 1. The lowest BCUT2D eigenvalue weighted by Crippen LogP contribution is -1.81. The summed E-state index contributed by atoms with van der Waals surface area (Å²) in [6, 6.07) is 8.07. The van der Waals surface area contributed by atoms with E-state index >= 15 is 0 Å². The Bertz CT molecular complexity index is 670. The van der Waals surface area contributed by atoms with Crippen LogP contribution in [0.1, 0.15) is 5.56 Å². The van der Waals surface area contributed by atoms with Gasteiger partial charge in [-0.2, -0.15) is 0 Å². The fourth-order valence-electron chi connectivity index (χ4n) is 2.09. The summed E-state index contributed by atoms with van der Waals surface area (Å²) in [5.41, 5.74) is 3.24. The normalized spacial score (nSPS) is 11.1. The van der Waals surface area contributed by atoms with Crippen molar-refractivity contribution in [2.45, 2.75) is 6.92 Å². The molecule has 0 amide bonds. The lowest BCUT2D eigenvalue weighted by Gasteiger charge is -1.99. The first-order valence-corrected chi connectivity index (χ1v) is 5.20. The van der Waals surface area contributed by atoms with Gasteiger partial charge in [-0.05, 0) is 30.7 Å². The van der Waals surface area contributed by atoms with Crippen LogP contribution in [0.3, 0.4) is 0 Å². The van der Waals surface area contributed by atoms with Gasteiger partial charge in [-0.25, -0.2) is 4.98 Å². The number of rotatable bonds is 1. The first kappa shape index (κ1) is 9.21. The minimum atomic E-state index is 0.858. The average molecular weight is 212 g/mol. The third-order valence-electron chi connectivity index (χ3n) is 2.91. The van der Waals surface area contributed by atoms with Crippen LogP contribution < -0.4 is 4.74 Å². The Balaban J connectivity index is 2.47. The third kappa shape index (κ3) is 1.18. The molecule has 1 N–H and O–H groups in total. The molecule has 0 aliphatic heterocycles. The van der Waals surface area contributed by atoms with Crippen molar-refractivity contribution in [3.63, 3.8) is 0 Å². The molecule has 0 spiro atoms. The summed E-state index contributed by atoms with van der Waals surface area (Å²) in [5, 5.41) is 2.39. The number of benzene rings is 1. The summed E-state index contributed by atoms with van der Waals surface area (Å²) in [6.45, 7) is 2.10.